The van der Waals surface area contributed by atoms with E-state index in [-0.39, 0.29) is 5.88 Å². The van der Waals surface area contributed by atoms with Crippen molar-refractivity contribution in [3.8, 4) is 17.3 Å². The van der Waals surface area contributed by atoms with Gasteiger partial charge in [-0.3, -0.25) is 4.57 Å². The van der Waals surface area contributed by atoms with E-state index in [0.29, 0.717) is 26.3 Å². The van der Waals surface area contributed by atoms with Crippen LogP contribution in [0.5, 0.6) is 11.6 Å². The molecule has 1 aromatic heterocycles. The van der Waals surface area contributed by atoms with Crippen molar-refractivity contribution in [3.05, 3.63) is 58.0 Å². The van der Waals surface area contributed by atoms with Crippen LogP contribution in [-0.2, 0) is 0 Å². The summed E-state index contributed by atoms with van der Waals surface area (Å²) in [6, 6.07) is 15.3. The summed E-state index contributed by atoms with van der Waals surface area (Å²) in [6.07, 6.45) is 0. The van der Waals surface area contributed by atoms with E-state index in [4.69, 9.17) is 17.0 Å². The SMILES string of the molecule is COc1ccccc1N=Nc1sc(=S)n(-c2ccc(C(C)C)cc2)c1O. The average molecular weight is 386 g/mol. The van der Waals surface area contributed by atoms with Crippen molar-refractivity contribution in [2.75, 3.05) is 7.11 Å². The molecule has 0 saturated heterocycles. The van der Waals surface area contributed by atoms with E-state index in [1.54, 1.807) is 23.8 Å². The van der Waals surface area contributed by atoms with Crippen molar-refractivity contribution in [3.63, 3.8) is 0 Å². The molecule has 0 bridgehead atoms. The van der Waals surface area contributed by atoms with Crippen molar-refractivity contribution in [1.82, 2.24) is 4.57 Å². The van der Waals surface area contributed by atoms with E-state index >= 15 is 0 Å². The third-order valence-electron chi connectivity index (χ3n) is 3.92. The van der Waals surface area contributed by atoms with Crippen LogP contribution in [0.15, 0.2) is 58.8 Å². The number of para-hydroxylation sites is 1. The topological polar surface area (TPSA) is 59.1 Å². The lowest BCUT2D eigenvalue weighted by molar-refractivity contribution is 0.415. The first kappa shape index (κ1) is 18.3. The summed E-state index contributed by atoms with van der Waals surface area (Å²) in [5, 5.41) is 19.3. The van der Waals surface area contributed by atoms with Gasteiger partial charge < -0.3 is 9.84 Å². The molecule has 5 nitrogen and oxygen atoms in total. The molecule has 1 N–H and O–H groups in total. The van der Waals surface area contributed by atoms with Crippen LogP contribution in [0.25, 0.3) is 5.69 Å². The van der Waals surface area contributed by atoms with Crippen LogP contribution >= 0.6 is 23.6 Å². The predicted octanol–water partition coefficient (Wildman–Crippen LogP) is 6.52. The normalized spacial score (nSPS) is 11.4. The van der Waals surface area contributed by atoms with Crippen LogP contribution in [0.4, 0.5) is 10.7 Å². The third kappa shape index (κ3) is 3.68. The van der Waals surface area contributed by atoms with Gasteiger partial charge in [-0.2, -0.15) is 0 Å². The number of hydrogen-bond acceptors (Lipinski definition) is 6. The number of nitrogens with zero attached hydrogens (tertiary/aromatic N) is 3. The van der Waals surface area contributed by atoms with Crippen LogP contribution < -0.4 is 4.74 Å². The molecule has 2 aromatic carbocycles. The minimum absolute atomic E-state index is 0.0176. The molecular formula is C19H19N3O2S2. The predicted molar refractivity (Wildman–Crippen MR) is 107 cm³/mol. The number of aromatic hydroxyl groups is 1. The standard InChI is InChI=1S/C19H19N3O2S2/c1-12(2)13-8-10-14(11-9-13)22-18(23)17(26-19(22)25)21-20-15-6-4-5-7-16(15)24-3/h4-12,23H,1-3H3. The number of methoxy groups -OCH3 is 1. The number of benzene rings is 2. The van der Waals surface area contributed by atoms with Crippen LogP contribution in [0, 0.1) is 3.95 Å². The Balaban J connectivity index is 1.95. The summed E-state index contributed by atoms with van der Waals surface area (Å²) >= 11 is 6.61. The molecule has 0 radical (unpaired) electrons. The maximum absolute atomic E-state index is 10.6. The number of azo groups is 1. The highest BCUT2D eigenvalue weighted by Gasteiger charge is 2.14. The Bertz CT molecular complexity index is 989. The van der Waals surface area contributed by atoms with Crippen LogP contribution in [-0.4, -0.2) is 16.8 Å². The van der Waals surface area contributed by atoms with Gasteiger partial charge in [0.05, 0.1) is 12.8 Å². The van der Waals surface area contributed by atoms with Gasteiger partial charge in [0, 0.05) is 0 Å². The van der Waals surface area contributed by atoms with Crippen LogP contribution in [0.2, 0.25) is 0 Å². The van der Waals surface area contributed by atoms with Crippen molar-refractivity contribution >= 4 is 34.2 Å². The Kier molecular flexibility index (Phi) is 5.49. The number of thiazole rings is 1. The van der Waals surface area contributed by atoms with Gasteiger partial charge in [-0.15, -0.1) is 10.2 Å². The van der Waals surface area contributed by atoms with Gasteiger partial charge in [0.1, 0.15) is 11.4 Å². The van der Waals surface area contributed by atoms with Gasteiger partial charge in [-0.25, -0.2) is 0 Å². The lowest BCUT2D eigenvalue weighted by atomic mass is 10.0. The molecule has 3 rings (SSSR count). The Morgan fingerprint density at radius 3 is 2.42 bits per heavy atom. The summed E-state index contributed by atoms with van der Waals surface area (Å²) in [5.74, 6) is 1.04. The lowest BCUT2D eigenvalue weighted by Gasteiger charge is -2.08. The molecule has 26 heavy (non-hydrogen) atoms. The Morgan fingerprint density at radius 1 is 1.08 bits per heavy atom. The van der Waals surface area contributed by atoms with E-state index in [0.717, 1.165) is 5.69 Å². The molecule has 0 spiro atoms. The van der Waals surface area contributed by atoms with Gasteiger partial charge in [-0.1, -0.05) is 49.4 Å². The zero-order valence-electron chi connectivity index (χ0n) is 14.7. The molecule has 1 heterocycles. The molecule has 134 valence electrons. The van der Waals surface area contributed by atoms with Gasteiger partial charge in [0.15, 0.2) is 3.95 Å². The van der Waals surface area contributed by atoms with Crippen LogP contribution in [0.3, 0.4) is 0 Å². The third-order valence-corrected chi connectivity index (χ3v) is 5.17. The van der Waals surface area contributed by atoms with E-state index < -0.39 is 0 Å². The van der Waals surface area contributed by atoms with Gasteiger partial charge in [0.2, 0.25) is 10.9 Å². The van der Waals surface area contributed by atoms with E-state index in [9.17, 15) is 5.11 Å². The molecule has 0 amide bonds. The Morgan fingerprint density at radius 2 is 1.77 bits per heavy atom. The van der Waals surface area contributed by atoms with Crippen LogP contribution in [0.1, 0.15) is 25.3 Å². The Hall–Kier alpha value is -2.51. The monoisotopic (exact) mass is 385 g/mol. The second-order valence-electron chi connectivity index (χ2n) is 5.95. The zero-order valence-corrected chi connectivity index (χ0v) is 16.3. The zero-order chi connectivity index (χ0) is 18.7. The lowest BCUT2D eigenvalue weighted by Crippen LogP contribution is -1.94. The molecule has 0 saturated carbocycles. The second kappa shape index (κ2) is 7.80. The summed E-state index contributed by atoms with van der Waals surface area (Å²) in [6.45, 7) is 4.28. The van der Waals surface area contributed by atoms with E-state index in [1.807, 2.05) is 36.4 Å². The fraction of sp³-hybridized carbons (Fsp3) is 0.211. The summed E-state index contributed by atoms with van der Waals surface area (Å²) < 4.78 is 7.36. The molecule has 0 atom stereocenters. The average Bonchev–Trinajstić information content (AvgIpc) is 2.93. The van der Waals surface area contributed by atoms with Gasteiger partial charge in [0.25, 0.3) is 0 Å². The van der Waals surface area contributed by atoms with E-state index in [1.165, 1.54) is 16.9 Å². The largest absolute Gasteiger partial charge is 0.494 e. The van der Waals surface area contributed by atoms with Crippen molar-refractivity contribution < 1.29 is 9.84 Å². The number of ether oxygens (including phenoxy) is 1. The smallest absolute Gasteiger partial charge is 0.236 e. The van der Waals surface area contributed by atoms with Crippen molar-refractivity contribution in [2.45, 2.75) is 19.8 Å². The minimum atomic E-state index is -0.0176. The van der Waals surface area contributed by atoms with Gasteiger partial charge >= 0.3 is 0 Å². The Labute approximate surface area is 161 Å². The summed E-state index contributed by atoms with van der Waals surface area (Å²) in [4.78, 5) is 0. The number of hydrogen-bond donors (Lipinski definition) is 1. The highest BCUT2D eigenvalue weighted by atomic mass is 32.1. The van der Waals surface area contributed by atoms with E-state index in [2.05, 4.69) is 24.1 Å². The quantitative estimate of drug-likeness (QED) is 0.402. The number of rotatable bonds is 5. The maximum atomic E-state index is 10.6. The first-order valence-electron chi connectivity index (χ1n) is 8.11. The van der Waals surface area contributed by atoms with Gasteiger partial charge in [-0.05, 0) is 48.0 Å². The summed E-state index contributed by atoms with van der Waals surface area (Å²) in [7, 11) is 1.58. The molecule has 0 aliphatic heterocycles. The first-order valence-corrected chi connectivity index (χ1v) is 9.33. The molecule has 0 fully saturated rings. The molecule has 0 aliphatic carbocycles. The fourth-order valence-corrected chi connectivity index (χ4v) is 3.61. The fourth-order valence-electron chi connectivity index (χ4n) is 2.47. The second-order valence-corrected chi connectivity index (χ2v) is 7.57. The molecule has 0 unspecified atom stereocenters. The summed E-state index contributed by atoms with van der Waals surface area (Å²) in [5.41, 5.74) is 2.61. The highest BCUT2D eigenvalue weighted by Crippen LogP contribution is 2.39. The number of aromatic nitrogens is 1. The highest BCUT2D eigenvalue weighted by molar-refractivity contribution is 7.73. The molecular weight excluding hydrogens is 366 g/mol. The molecule has 3 aromatic rings. The maximum Gasteiger partial charge on any atom is 0.236 e. The molecule has 7 heteroatoms. The molecule has 0 aliphatic rings. The van der Waals surface area contributed by atoms with Crippen molar-refractivity contribution in [2.24, 2.45) is 10.2 Å². The minimum Gasteiger partial charge on any atom is -0.494 e. The first-order chi connectivity index (χ1) is 12.5. The van der Waals surface area contributed by atoms with Crippen molar-refractivity contribution in [1.29, 1.82) is 0 Å².